The molecular formula is C13H23N3O. The molecule has 0 spiro atoms. The van der Waals surface area contributed by atoms with Crippen molar-refractivity contribution in [2.45, 2.75) is 46.3 Å². The number of ether oxygens (including phenoxy) is 1. The van der Waals surface area contributed by atoms with Gasteiger partial charge in [-0.25, -0.2) is 9.97 Å². The fraction of sp³-hybridized carbons (Fsp3) is 0.692. The fourth-order valence-corrected chi connectivity index (χ4v) is 1.61. The highest BCUT2D eigenvalue weighted by Gasteiger charge is 2.11. The van der Waals surface area contributed by atoms with Gasteiger partial charge in [0.1, 0.15) is 6.10 Å². The first-order valence-corrected chi connectivity index (χ1v) is 6.44. The fourth-order valence-electron chi connectivity index (χ4n) is 1.61. The maximum Gasteiger partial charge on any atom is 0.157 e. The van der Waals surface area contributed by atoms with Crippen molar-refractivity contribution in [2.75, 3.05) is 13.2 Å². The zero-order valence-electron chi connectivity index (χ0n) is 11.1. The smallest absolute Gasteiger partial charge is 0.157 e. The van der Waals surface area contributed by atoms with Gasteiger partial charge in [0.05, 0.1) is 0 Å². The average molecular weight is 237 g/mol. The van der Waals surface area contributed by atoms with Gasteiger partial charge in [-0.15, -0.1) is 0 Å². The molecule has 0 saturated heterocycles. The summed E-state index contributed by atoms with van der Waals surface area (Å²) in [7, 11) is 0. The zero-order chi connectivity index (χ0) is 12.5. The quantitative estimate of drug-likeness (QED) is 0.706. The van der Waals surface area contributed by atoms with Gasteiger partial charge < -0.3 is 10.1 Å². The molecule has 4 heteroatoms. The van der Waals surface area contributed by atoms with E-state index in [1.54, 1.807) is 0 Å². The second kappa shape index (κ2) is 8.14. The molecule has 1 unspecified atom stereocenters. The number of nitrogens with zero attached hydrogens (tertiary/aromatic N) is 2. The van der Waals surface area contributed by atoms with Crippen molar-refractivity contribution in [3.05, 3.63) is 23.8 Å². The highest BCUT2D eigenvalue weighted by molar-refractivity contribution is 5.06. The van der Waals surface area contributed by atoms with E-state index in [0.29, 0.717) is 6.61 Å². The third-order valence-corrected chi connectivity index (χ3v) is 2.51. The Morgan fingerprint density at radius 3 is 2.47 bits per heavy atom. The van der Waals surface area contributed by atoms with E-state index in [4.69, 9.17) is 4.74 Å². The van der Waals surface area contributed by atoms with Gasteiger partial charge in [-0.3, -0.25) is 0 Å². The van der Waals surface area contributed by atoms with E-state index in [1.165, 1.54) is 0 Å². The Kier molecular flexibility index (Phi) is 6.74. The van der Waals surface area contributed by atoms with Crippen LogP contribution in [0.5, 0.6) is 0 Å². The highest BCUT2D eigenvalue weighted by Crippen LogP contribution is 2.16. The van der Waals surface area contributed by atoms with Gasteiger partial charge in [-0.05, 0) is 26.3 Å². The summed E-state index contributed by atoms with van der Waals surface area (Å²) >= 11 is 0. The van der Waals surface area contributed by atoms with Gasteiger partial charge in [0, 0.05) is 31.1 Å². The Morgan fingerprint density at radius 1 is 1.24 bits per heavy atom. The van der Waals surface area contributed by atoms with Crippen LogP contribution in [0.15, 0.2) is 12.4 Å². The molecule has 1 heterocycles. The van der Waals surface area contributed by atoms with Crippen LogP contribution >= 0.6 is 0 Å². The summed E-state index contributed by atoms with van der Waals surface area (Å²) in [5, 5.41) is 3.33. The summed E-state index contributed by atoms with van der Waals surface area (Å²) in [5.41, 5.74) is 1.12. The van der Waals surface area contributed by atoms with Crippen LogP contribution in [-0.2, 0) is 11.3 Å². The molecule has 0 aliphatic heterocycles. The molecule has 17 heavy (non-hydrogen) atoms. The second-order valence-corrected chi connectivity index (χ2v) is 3.98. The van der Waals surface area contributed by atoms with Crippen molar-refractivity contribution in [2.24, 2.45) is 0 Å². The lowest BCUT2D eigenvalue weighted by Crippen LogP contribution is -2.15. The van der Waals surface area contributed by atoms with Crippen molar-refractivity contribution in [1.82, 2.24) is 15.3 Å². The predicted molar refractivity (Wildman–Crippen MR) is 68.7 cm³/mol. The monoisotopic (exact) mass is 237 g/mol. The molecular weight excluding hydrogens is 214 g/mol. The Hall–Kier alpha value is -1.00. The molecule has 0 aliphatic rings. The minimum Gasteiger partial charge on any atom is -0.371 e. The standard InChI is InChI=1S/C13H23N3O/c1-4-7-14-8-11-9-15-13(16-10-11)12(5-2)17-6-3/h9-10,12,14H,4-8H2,1-3H3. The summed E-state index contributed by atoms with van der Waals surface area (Å²) in [4.78, 5) is 8.74. The van der Waals surface area contributed by atoms with E-state index in [9.17, 15) is 0 Å². The molecule has 0 amide bonds. The normalized spacial score (nSPS) is 12.6. The molecule has 1 aromatic heterocycles. The maximum atomic E-state index is 5.57. The Labute approximate surface area is 104 Å². The Bertz CT molecular complexity index is 300. The lowest BCUT2D eigenvalue weighted by molar-refractivity contribution is 0.0534. The number of hydrogen-bond donors (Lipinski definition) is 1. The van der Waals surface area contributed by atoms with Crippen LogP contribution < -0.4 is 5.32 Å². The number of nitrogens with one attached hydrogen (secondary N) is 1. The van der Waals surface area contributed by atoms with Crippen LogP contribution in [0, 0.1) is 0 Å². The minimum atomic E-state index is 0.0256. The van der Waals surface area contributed by atoms with Crippen LogP contribution in [-0.4, -0.2) is 23.1 Å². The van der Waals surface area contributed by atoms with Crippen molar-refractivity contribution in [3.8, 4) is 0 Å². The third-order valence-electron chi connectivity index (χ3n) is 2.51. The largest absolute Gasteiger partial charge is 0.371 e. The van der Waals surface area contributed by atoms with Crippen molar-refractivity contribution in [1.29, 1.82) is 0 Å². The molecule has 1 aromatic rings. The topological polar surface area (TPSA) is 47.0 Å². The van der Waals surface area contributed by atoms with Gasteiger partial charge >= 0.3 is 0 Å². The van der Waals surface area contributed by atoms with Crippen LogP contribution in [0.1, 0.15) is 51.1 Å². The van der Waals surface area contributed by atoms with E-state index >= 15 is 0 Å². The molecule has 0 radical (unpaired) electrons. The molecule has 1 N–H and O–H groups in total. The van der Waals surface area contributed by atoms with Crippen molar-refractivity contribution in [3.63, 3.8) is 0 Å². The van der Waals surface area contributed by atoms with Crippen molar-refractivity contribution >= 4 is 0 Å². The lowest BCUT2D eigenvalue weighted by Gasteiger charge is -2.13. The molecule has 96 valence electrons. The molecule has 1 rings (SSSR count). The van der Waals surface area contributed by atoms with E-state index in [0.717, 1.165) is 37.3 Å². The van der Waals surface area contributed by atoms with Gasteiger partial charge in [0.2, 0.25) is 0 Å². The van der Waals surface area contributed by atoms with Gasteiger partial charge in [-0.2, -0.15) is 0 Å². The van der Waals surface area contributed by atoms with Gasteiger partial charge in [-0.1, -0.05) is 13.8 Å². The van der Waals surface area contributed by atoms with E-state index in [1.807, 2.05) is 19.3 Å². The zero-order valence-corrected chi connectivity index (χ0v) is 11.1. The van der Waals surface area contributed by atoms with Crippen LogP contribution in [0.2, 0.25) is 0 Å². The first-order chi connectivity index (χ1) is 8.31. The SMILES string of the molecule is CCCNCc1cnc(C(CC)OCC)nc1. The van der Waals surface area contributed by atoms with Gasteiger partial charge in [0.25, 0.3) is 0 Å². The number of hydrogen-bond acceptors (Lipinski definition) is 4. The molecule has 0 bridgehead atoms. The predicted octanol–water partition coefficient (Wildman–Crippen LogP) is 2.46. The minimum absolute atomic E-state index is 0.0256. The van der Waals surface area contributed by atoms with E-state index in [-0.39, 0.29) is 6.10 Å². The first-order valence-electron chi connectivity index (χ1n) is 6.44. The Balaban J connectivity index is 2.53. The van der Waals surface area contributed by atoms with E-state index in [2.05, 4.69) is 29.1 Å². The summed E-state index contributed by atoms with van der Waals surface area (Å²) in [6, 6.07) is 0. The van der Waals surface area contributed by atoms with E-state index < -0.39 is 0 Å². The lowest BCUT2D eigenvalue weighted by atomic mass is 10.2. The summed E-state index contributed by atoms with van der Waals surface area (Å²) in [6.07, 6.45) is 5.83. The molecule has 1 atom stereocenters. The molecule has 4 nitrogen and oxygen atoms in total. The van der Waals surface area contributed by atoms with Gasteiger partial charge in [0.15, 0.2) is 5.82 Å². The first kappa shape index (κ1) is 14.1. The molecule has 0 fully saturated rings. The Morgan fingerprint density at radius 2 is 1.94 bits per heavy atom. The van der Waals surface area contributed by atoms with Crippen molar-refractivity contribution < 1.29 is 4.74 Å². The summed E-state index contributed by atoms with van der Waals surface area (Å²) in [5.74, 6) is 0.786. The highest BCUT2D eigenvalue weighted by atomic mass is 16.5. The van der Waals surface area contributed by atoms with Crippen LogP contribution in [0.3, 0.4) is 0 Å². The third kappa shape index (κ3) is 4.79. The van der Waals surface area contributed by atoms with Crippen LogP contribution in [0.4, 0.5) is 0 Å². The second-order valence-electron chi connectivity index (χ2n) is 3.98. The molecule has 0 saturated carbocycles. The van der Waals surface area contributed by atoms with Crippen LogP contribution in [0.25, 0.3) is 0 Å². The molecule has 0 aromatic carbocycles. The molecule has 0 aliphatic carbocycles. The average Bonchev–Trinajstić information content (AvgIpc) is 2.37. The number of rotatable bonds is 8. The summed E-state index contributed by atoms with van der Waals surface area (Å²) < 4.78 is 5.57. The number of aromatic nitrogens is 2. The maximum absolute atomic E-state index is 5.57. The summed E-state index contributed by atoms with van der Waals surface area (Å²) in [6.45, 7) is 8.78.